The van der Waals surface area contributed by atoms with E-state index in [1.165, 1.54) is 6.92 Å². The van der Waals surface area contributed by atoms with Crippen LogP contribution in [-0.2, 0) is 4.79 Å². The molecule has 0 aliphatic carbocycles. The molecule has 52 valence electrons. The average molecular weight is 145 g/mol. The first-order chi connectivity index (χ1) is 4.27. The number of hydrogen-bond donors (Lipinski definition) is 1. The lowest BCUT2D eigenvalue weighted by molar-refractivity contribution is -0.118. The third kappa shape index (κ3) is 7.56. The van der Waals surface area contributed by atoms with Crippen LogP contribution in [0.15, 0.2) is 12.0 Å². The fourth-order valence-electron chi connectivity index (χ4n) is 0.369. The molecule has 0 unspecified atom stereocenters. The molecule has 0 saturated heterocycles. The van der Waals surface area contributed by atoms with Crippen molar-refractivity contribution in [1.82, 2.24) is 5.32 Å². The maximum absolute atomic E-state index is 10.3. The largest absolute Gasteiger partial charge is 0.356 e. The Morgan fingerprint density at radius 2 is 2.56 bits per heavy atom. The van der Waals surface area contributed by atoms with Crippen molar-refractivity contribution >= 4 is 17.7 Å². The Kier molecular flexibility index (Phi) is 5.41. The second kappa shape index (κ2) is 5.69. The van der Waals surface area contributed by atoms with E-state index in [9.17, 15) is 4.79 Å². The van der Waals surface area contributed by atoms with Gasteiger partial charge in [-0.05, 0) is 5.41 Å². The molecule has 0 fully saturated rings. The van der Waals surface area contributed by atoms with Gasteiger partial charge in [-0.25, -0.2) is 0 Å². The maximum atomic E-state index is 10.3. The fourth-order valence-corrected chi connectivity index (χ4v) is 0.756. The molecule has 0 bridgehead atoms. The summed E-state index contributed by atoms with van der Waals surface area (Å²) in [7, 11) is 0. The van der Waals surface area contributed by atoms with Gasteiger partial charge in [0.25, 0.3) is 0 Å². The maximum Gasteiger partial charge on any atom is 0.216 e. The first-order valence-corrected chi connectivity index (χ1v) is 3.79. The number of rotatable bonds is 4. The summed E-state index contributed by atoms with van der Waals surface area (Å²) < 4.78 is 0. The standard InChI is InChI=1S/C6H11NOS/c1-3-9-5-4-7-6(2)8/h3H,1,4-5H2,2H3,(H,7,8). The van der Waals surface area contributed by atoms with E-state index in [1.807, 2.05) is 0 Å². The van der Waals surface area contributed by atoms with Gasteiger partial charge >= 0.3 is 0 Å². The Morgan fingerprint density at radius 1 is 1.89 bits per heavy atom. The van der Waals surface area contributed by atoms with Crippen molar-refractivity contribution in [1.29, 1.82) is 0 Å². The summed E-state index contributed by atoms with van der Waals surface area (Å²) in [6.07, 6.45) is 0. The van der Waals surface area contributed by atoms with Crippen LogP contribution in [0.5, 0.6) is 0 Å². The molecule has 2 nitrogen and oxygen atoms in total. The zero-order valence-corrected chi connectivity index (χ0v) is 6.33. The summed E-state index contributed by atoms with van der Waals surface area (Å²) in [6.45, 7) is 5.77. The van der Waals surface area contributed by atoms with Gasteiger partial charge in [-0.15, -0.1) is 11.8 Å². The van der Waals surface area contributed by atoms with Gasteiger partial charge in [-0.3, -0.25) is 4.79 Å². The molecule has 0 heterocycles. The van der Waals surface area contributed by atoms with Gasteiger partial charge in [0.2, 0.25) is 5.91 Å². The molecular weight excluding hydrogens is 134 g/mol. The number of amides is 1. The highest BCUT2D eigenvalue weighted by Gasteiger charge is 1.86. The van der Waals surface area contributed by atoms with Crippen molar-refractivity contribution in [3.63, 3.8) is 0 Å². The van der Waals surface area contributed by atoms with E-state index in [4.69, 9.17) is 0 Å². The van der Waals surface area contributed by atoms with Crippen molar-refractivity contribution in [2.45, 2.75) is 6.92 Å². The smallest absolute Gasteiger partial charge is 0.216 e. The molecule has 0 radical (unpaired) electrons. The number of nitrogens with one attached hydrogen (secondary N) is 1. The minimum absolute atomic E-state index is 0.0275. The SMILES string of the molecule is C=CSCCNC(C)=O. The van der Waals surface area contributed by atoms with E-state index in [0.29, 0.717) is 0 Å². The molecule has 0 saturated carbocycles. The van der Waals surface area contributed by atoms with Gasteiger partial charge in [0.15, 0.2) is 0 Å². The highest BCUT2D eigenvalue weighted by molar-refractivity contribution is 8.02. The lowest BCUT2D eigenvalue weighted by Gasteiger charge is -1.96. The van der Waals surface area contributed by atoms with Crippen LogP contribution in [-0.4, -0.2) is 18.2 Å². The Morgan fingerprint density at radius 3 is 3.00 bits per heavy atom. The molecule has 0 aliphatic heterocycles. The highest BCUT2D eigenvalue weighted by Crippen LogP contribution is 1.95. The van der Waals surface area contributed by atoms with Gasteiger partial charge in [0.05, 0.1) is 0 Å². The van der Waals surface area contributed by atoms with Crippen LogP contribution >= 0.6 is 11.8 Å². The molecule has 3 heteroatoms. The third-order valence-corrected chi connectivity index (χ3v) is 1.39. The molecule has 0 aliphatic rings. The second-order valence-corrected chi connectivity index (χ2v) is 2.60. The first kappa shape index (κ1) is 8.56. The number of thioether (sulfide) groups is 1. The molecule has 0 spiro atoms. The fraction of sp³-hybridized carbons (Fsp3) is 0.500. The Balaban J connectivity index is 2.91. The highest BCUT2D eigenvalue weighted by atomic mass is 32.2. The molecule has 0 aromatic rings. The first-order valence-electron chi connectivity index (χ1n) is 2.74. The van der Waals surface area contributed by atoms with Crippen LogP contribution < -0.4 is 5.32 Å². The molecule has 1 amide bonds. The summed E-state index contributed by atoms with van der Waals surface area (Å²) >= 11 is 1.60. The van der Waals surface area contributed by atoms with Crippen LogP contribution in [0.1, 0.15) is 6.92 Å². The Bertz CT molecular complexity index is 103. The van der Waals surface area contributed by atoms with E-state index >= 15 is 0 Å². The van der Waals surface area contributed by atoms with Gasteiger partial charge < -0.3 is 5.32 Å². The molecule has 0 rings (SSSR count). The van der Waals surface area contributed by atoms with Crippen LogP contribution in [0.4, 0.5) is 0 Å². The summed E-state index contributed by atoms with van der Waals surface area (Å²) in [6, 6.07) is 0. The normalized spacial score (nSPS) is 8.56. The zero-order chi connectivity index (χ0) is 7.11. The minimum atomic E-state index is 0.0275. The van der Waals surface area contributed by atoms with Crippen LogP contribution in [0, 0.1) is 0 Å². The van der Waals surface area contributed by atoms with Gasteiger partial charge in [0, 0.05) is 19.2 Å². The molecule has 0 atom stereocenters. The van der Waals surface area contributed by atoms with Crippen LogP contribution in [0.3, 0.4) is 0 Å². The van der Waals surface area contributed by atoms with E-state index in [2.05, 4.69) is 11.9 Å². The predicted octanol–water partition coefficient (Wildman–Crippen LogP) is 0.999. The Labute approximate surface area is 59.7 Å². The number of carbonyl (C=O) groups excluding carboxylic acids is 1. The zero-order valence-electron chi connectivity index (χ0n) is 5.52. The van der Waals surface area contributed by atoms with E-state index in [0.717, 1.165) is 12.3 Å². The van der Waals surface area contributed by atoms with E-state index in [-0.39, 0.29) is 5.91 Å². The predicted molar refractivity (Wildman–Crippen MR) is 41.3 cm³/mol. The van der Waals surface area contributed by atoms with Crippen molar-refractivity contribution in [3.8, 4) is 0 Å². The van der Waals surface area contributed by atoms with Crippen molar-refractivity contribution < 1.29 is 4.79 Å². The van der Waals surface area contributed by atoms with Crippen LogP contribution in [0.2, 0.25) is 0 Å². The summed E-state index contributed by atoms with van der Waals surface area (Å²) in [4.78, 5) is 10.3. The second-order valence-electron chi connectivity index (χ2n) is 1.52. The lowest BCUT2D eigenvalue weighted by atomic mass is 10.6. The summed E-state index contributed by atoms with van der Waals surface area (Å²) in [5, 5.41) is 4.44. The average Bonchev–Trinajstić information content (AvgIpc) is 1.80. The minimum Gasteiger partial charge on any atom is -0.356 e. The quantitative estimate of drug-likeness (QED) is 0.598. The summed E-state index contributed by atoms with van der Waals surface area (Å²) in [5.41, 5.74) is 0. The van der Waals surface area contributed by atoms with Gasteiger partial charge in [-0.1, -0.05) is 6.58 Å². The van der Waals surface area contributed by atoms with Crippen LogP contribution in [0.25, 0.3) is 0 Å². The molecule has 9 heavy (non-hydrogen) atoms. The van der Waals surface area contributed by atoms with E-state index < -0.39 is 0 Å². The van der Waals surface area contributed by atoms with Crippen molar-refractivity contribution in [2.75, 3.05) is 12.3 Å². The molecule has 0 aromatic carbocycles. The lowest BCUT2D eigenvalue weighted by Crippen LogP contribution is -2.22. The summed E-state index contributed by atoms with van der Waals surface area (Å²) in [5.74, 6) is 0.933. The molecule has 1 N–H and O–H groups in total. The molecular formula is C6H11NOS. The molecule has 0 aromatic heterocycles. The third-order valence-electron chi connectivity index (χ3n) is 0.712. The van der Waals surface area contributed by atoms with Gasteiger partial charge in [-0.2, -0.15) is 0 Å². The topological polar surface area (TPSA) is 29.1 Å². The van der Waals surface area contributed by atoms with Crippen molar-refractivity contribution in [2.24, 2.45) is 0 Å². The number of carbonyl (C=O) groups is 1. The van der Waals surface area contributed by atoms with Gasteiger partial charge in [0.1, 0.15) is 0 Å². The van der Waals surface area contributed by atoms with Crippen molar-refractivity contribution in [3.05, 3.63) is 12.0 Å². The number of hydrogen-bond acceptors (Lipinski definition) is 2. The Hall–Kier alpha value is -0.440. The van der Waals surface area contributed by atoms with E-state index in [1.54, 1.807) is 17.2 Å². The monoisotopic (exact) mass is 145 g/mol.